The van der Waals surface area contributed by atoms with Gasteiger partial charge in [0.25, 0.3) is 0 Å². The van der Waals surface area contributed by atoms with Crippen LogP contribution in [0.3, 0.4) is 0 Å². The SMILES string of the molecule is NC[C@@H]1C[C@H](C(F)(F)F)C[C@@H]2OCC[C@H]12. The molecule has 0 aromatic rings. The molecule has 0 bridgehead atoms. The van der Waals surface area contributed by atoms with Crippen molar-refractivity contribution in [2.75, 3.05) is 13.2 Å². The van der Waals surface area contributed by atoms with E-state index in [0.717, 1.165) is 6.42 Å². The van der Waals surface area contributed by atoms with E-state index in [2.05, 4.69) is 0 Å². The lowest BCUT2D eigenvalue weighted by Crippen LogP contribution is -2.42. The molecule has 0 aromatic carbocycles. The molecule has 5 heteroatoms. The zero-order valence-corrected chi connectivity index (χ0v) is 8.46. The van der Waals surface area contributed by atoms with Crippen molar-refractivity contribution in [3.8, 4) is 0 Å². The second kappa shape index (κ2) is 3.94. The molecular weight excluding hydrogens is 207 g/mol. The Morgan fingerprint density at radius 1 is 1.27 bits per heavy atom. The minimum Gasteiger partial charge on any atom is -0.378 e. The van der Waals surface area contributed by atoms with Crippen molar-refractivity contribution < 1.29 is 17.9 Å². The van der Waals surface area contributed by atoms with Crippen molar-refractivity contribution >= 4 is 0 Å². The summed E-state index contributed by atoms with van der Waals surface area (Å²) in [6, 6.07) is 0. The molecule has 2 fully saturated rings. The molecule has 0 unspecified atom stereocenters. The Labute approximate surface area is 87.0 Å². The quantitative estimate of drug-likeness (QED) is 0.737. The summed E-state index contributed by atoms with van der Waals surface area (Å²) in [5.41, 5.74) is 5.54. The van der Waals surface area contributed by atoms with Gasteiger partial charge >= 0.3 is 6.18 Å². The number of halogens is 3. The summed E-state index contributed by atoms with van der Waals surface area (Å²) in [4.78, 5) is 0. The minimum atomic E-state index is -4.09. The van der Waals surface area contributed by atoms with Crippen LogP contribution in [0.5, 0.6) is 0 Å². The number of hydrogen-bond acceptors (Lipinski definition) is 2. The molecule has 0 aromatic heterocycles. The van der Waals surface area contributed by atoms with E-state index < -0.39 is 12.1 Å². The van der Waals surface area contributed by atoms with Crippen LogP contribution in [0.2, 0.25) is 0 Å². The zero-order valence-electron chi connectivity index (χ0n) is 8.46. The minimum absolute atomic E-state index is 0.0159. The van der Waals surface area contributed by atoms with Crippen molar-refractivity contribution in [1.29, 1.82) is 0 Å². The smallest absolute Gasteiger partial charge is 0.378 e. The molecule has 2 aliphatic rings. The third-order valence-electron chi connectivity index (χ3n) is 3.74. The molecule has 1 heterocycles. The van der Waals surface area contributed by atoms with E-state index in [1.807, 2.05) is 0 Å². The highest BCUT2D eigenvalue weighted by molar-refractivity contribution is 4.92. The highest BCUT2D eigenvalue weighted by Crippen LogP contribution is 2.46. The number of hydrogen-bond donors (Lipinski definition) is 1. The third-order valence-corrected chi connectivity index (χ3v) is 3.74. The van der Waals surface area contributed by atoms with Crippen LogP contribution in [0.25, 0.3) is 0 Å². The van der Waals surface area contributed by atoms with Gasteiger partial charge in [0.05, 0.1) is 12.0 Å². The zero-order chi connectivity index (χ0) is 11.1. The summed E-state index contributed by atoms with van der Waals surface area (Å²) in [7, 11) is 0. The Bertz CT molecular complexity index is 231. The van der Waals surface area contributed by atoms with Crippen LogP contribution < -0.4 is 5.73 Å². The average Bonchev–Trinajstić information content (AvgIpc) is 2.62. The first kappa shape index (κ1) is 11.2. The van der Waals surface area contributed by atoms with Crippen molar-refractivity contribution in [3.05, 3.63) is 0 Å². The van der Waals surface area contributed by atoms with Crippen LogP contribution in [0.1, 0.15) is 19.3 Å². The first-order chi connectivity index (χ1) is 7.02. The molecule has 1 aliphatic carbocycles. The van der Waals surface area contributed by atoms with Crippen LogP contribution in [0, 0.1) is 17.8 Å². The van der Waals surface area contributed by atoms with Crippen LogP contribution in [-0.4, -0.2) is 25.4 Å². The third kappa shape index (κ3) is 2.13. The van der Waals surface area contributed by atoms with Gasteiger partial charge in [-0.25, -0.2) is 0 Å². The molecular formula is C10H16F3NO. The van der Waals surface area contributed by atoms with Crippen LogP contribution >= 0.6 is 0 Å². The summed E-state index contributed by atoms with van der Waals surface area (Å²) in [6.07, 6.45) is -3.12. The predicted molar refractivity (Wildman–Crippen MR) is 49.2 cm³/mol. The number of ether oxygens (including phenoxy) is 1. The van der Waals surface area contributed by atoms with Gasteiger partial charge in [-0.1, -0.05) is 0 Å². The van der Waals surface area contributed by atoms with E-state index in [1.165, 1.54) is 0 Å². The van der Waals surface area contributed by atoms with Crippen molar-refractivity contribution in [1.82, 2.24) is 0 Å². The highest BCUT2D eigenvalue weighted by Gasteiger charge is 2.49. The van der Waals surface area contributed by atoms with E-state index in [1.54, 1.807) is 0 Å². The summed E-state index contributed by atoms with van der Waals surface area (Å²) in [5.74, 6) is -0.975. The van der Waals surface area contributed by atoms with Crippen LogP contribution in [0.15, 0.2) is 0 Å². The molecule has 1 saturated carbocycles. The van der Waals surface area contributed by atoms with Crippen molar-refractivity contribution in [3.63, 3.8) is 0 Å². The average molecular weight is 223 g/mol. The lowest BCUT2D eigenvalue weighted by Gasteiger charge is -2.37. The molecule has 2 N–H and O–H groups in total. The van der Waals surface area contributed by atoms with E-state index in [9.17, 15) is 13.2 Å². The van der Waals surface area contributed by atoms with Gasteiger partial charge in [-0.05, 0) is 37.6 Å². The molecule has 1 aliphatic heterocycles. The summed E-state index contributed by atoms with van der Waals surface area (Å²) < 4.78 is 43.2. The number of nitrogens with two attached hydrogens (primary N) is 1. The largest absolute Gasteiger partial charge is 0.391 e. The summed E-state index contributed by atoms with van der Waals surface area (Å²) in [5, 5.41) is 0. The maximum atomic E-state index is 12.6. The van der Waals surface area contributed by atoms with Gasteiger partial charge in [0.15, 0.2) is 0 Å². The molecule has 1 saturated heterocycles. The first-order valence-corrected chi connectivity index (χ1v) is 5.40. The molecule has 0 amide bonds. The van der Waals surface area contributed by atoms with Crippen LogP contribution in [0.4, 0.5) is 13.2 Å². The molecule has 2 nitrogen and oxygen atoms in total. The van der Waals surface area contributed by atoms with E-state index in [-0.39, 0.29) is 30.8 Å². The fourth-order valence-electron chi connectivity index (χ4n) is 2.90. The summed E-state index contributed by atoms with van der Waals surface area (Å²) >= 11 is 0. The fourth-order valence-corrected chi connectivity index (χ4v) is 2.90. The maximum Gasteiger partial charge on any atom is 0.391 e. The first-order valence-electron chi connectivity index (χ1n) is 5.40. The number of rotatable bonds is 1. The second-order valence-corrected chi connectivity index (χ2v) is 4.57. The van der Waals surface area contributed by atoms with E-state index in [0.29, 0.717) is 13.2 Å². The van der Waals surface area contributed by atoms with Gasteiger partial charge in [0, 0.05) is 6.61 Å². The molecule has 15 heavy (non-hydrogen) atoms. The lowest BCUT2D eigenvalue weighted by atomic mass is 9.72. The predicted octanol–water partition coefficient (Wildman–Crippen LogP) is 1.94. The monoisotopic (exact) mass is 223 g/mol. The maximum absolute atomic E-state index is 12.6. The molecule has 88 valence electrons. The van der Waals surface area contributed by atoms with E-state index >= 15 is 0 Å². The Kier molecular flexibility index (Phi) is 2.94. The van der Waals surface area contributed by atoms with E-state index in [4.69, 9.17) is 10.5 Å². The fraction of sp³-hybridized carbons (Fsp3) is 1.00. The normalized spacial score (nSPS) is 41.6. The number of alkyl halides is 3. The van der Waals surface area contributed by atoms with Crippen molar-refractivity contribution in [2.45, 2.75) is 31.5 Å². The highest BCUT2D eigenvalue weighted by atomic mass is 19.4. The lowest BCUT2D eigenvalue weighted by molar-refractivity contribution is -0.197. The van der Waals surface area contributed by atoms with Gasteiger partial charge in [-0.2, -0.15) is 13.2 Å². The molecule has 0 spiro atoms. The van der Waals surface area contributed by atoms with Gasteiger partial charge in [-0.15, -0.1) is 0 Å². The van der Waals surface area contributed by atoms with Gasteiger partial charge in [-0.3, -0.25) is 0 Å². The molecule has 4 atom stereocenters. The standard InChI is InChI=1S/C10H16F3NO/c11-10(12,13)7-3-6(5-14)8-1-2-15-9(8)4-7/h6-9H,1-5,14H2/t6-,7-,8+,9-/m0/s1. The Balaban J connectivity index is 2.08. The molecule has 0 radical (unpaired) electrons. The van der Waals surface area contributed by atoms with Gasteiger partial charge in [0.1, 0.15) is 0 Å². The van der Waals surface area contributed by atoms with Gasteiger partial charge < -0.3 is 10.5 Å². The van der Waals surface area contributed by atoms with Gasteiger partial charge in [0.2, 0.25) is 0 Å². The van der Waals surface area contributed by atoms with Crippen molar-refractivity contribution in [2.24, 2.45) is 23.5 Å². The molecule has 2 rings (SSSR count). The Morgan fingerprint density at radius 3 is 2.60 bits per heavy atom. The second-order valence-electron chi connectivity index (χ2n) is 4.57. The Morgan fingerprint density at radius 2 is 2.00 bits per heavy atom. The summed E-state index contributed by atoms with van der Waals surface area (Å²) in [6.45, 7) is 0.938. The topological polar surface area (TPSA) is 35.2 Å². The van der Waals surface area contributed by atoms with Crippen LogP contribution in [-0.2, 0) is 4.74 Å². The Hall–Kier alpha value is -0.290. The number of fused-ring (bicyclic) bond motifs is 1.